The van der Waals surface area contributed by atoms with Crippen LogP contribution in [-0.4, -0.2) is 35.5 Å². The zero-order chi connectivity index (χ0) is 16.1. The van der Waals surface area contributed by atoms with Crippen LogP contribution in [0.15, 0.2) is 42.7 Å². The number of carbonyl (C=O) groups excluding carboxylic acids is 1. The molecule has 0 spiro atoms. The molecule has 5 nitrogen and oxygen atoms in total. The number of rotatable bonds is 4. The van der Waals surface area contributed by atoms with E-state index in [9.17, 15) is 4.79 Å². The number of hydrogen-bond donors (Lipinski definition) is 1. The predicted octanol–water partition coefficient (Wildman–Crippen LogP) is 2.78. The van der Waals surface area contributed by atoms with Crippen molar-refractivity contribution in [2.45, 2.75) is 12.8 Å². The normalized spacial score (nSPS) is 15.4. The van der Waals surface area contributed by atoms with Crippen LogP contribution < -0.4 is 10.2 Å². The van der Waals surface area contributed by atoms with E-state index < -0.39 is 0 Å². The molecule has 1 saturated heterocycles. The van der Waals surface area contributed by atoms with Gasteiger partial charge in [-0.15, -0.1) is 0 Å². The maximum absolute atomic E-state index is 12.1. The van der Waals surface area contributed by atoms with E-state index >= 15 is 0 Å². The van der Waals surface area contributed by atoms with Crippen molar-refractivity contribution >= 4 is 23.5 Å². The first-order valence-corrected chi connectivity index (χ1v) is 8.16. The van der Waals surface area contributed by atoms with Crippen LogP contribution in [0.3, 0.4) is 0 Å². The SMILES string of the molecule is O=C(NCC1CCN(c2ncccn2)CC1)c1cccc(Cl)c1. The summed E-state index contributed by atoms with van der Waals surface area (Å²) >= 11 is 5.91. The Morgan fingerprint density at radius 1 is 1.22 bits per heavy atom. The molecular formula is C17H19ClN4O. The van der Waals surface area contributed by atoms with E-state index in [1.54, 1.807) is 36.7 Å². The molecule has 0 aliphatic carbocycles. The minimum Gasteiger partial charge on any atom is -0.352 e. The third-order valence-corrected chi connectivity index (χ3v) is 4.32. The second-order valence-electron chi connectivity index (χ2n) is 5.70. The van der Waals surface area contributed by atoms with Crippen LogP contribution in [0.25, 0.3) is 0 Å². The molecule has 1 aliphatic rings. The Hall–Kier alpha value is -2.14. The Morgan fingerprint density at radius 2 is 1.96 bits per heavy atom. The van der Waals surface area contributed by atoms with Crippen LogP contribution in [0.2, 0.25) is 5.02 Å². The first-order chi connectivity index (χ1) is 11.2. The summed E-state index contributed by atoms with van der Waals surface area (Å²) in [6.45, 7) is 2.53. The van der Waals surface area contributed by atoms with Crippen molar-refractivity contribution in [1.82, 2.24) is 15.3 Å². The molecule has 1 aliphatic heterocycles. The summed E-state index contributed by atoms with van der Waals surface area (Å²) in [6.07, 6.45) is 5.57. The van der Waals surface area contributed by atoms with E-state index in [2.05, 4.69) is 20.2 Å². The molecular weight excluding hydrogens is 312 g/mol. The molecule has 0 unspecified atom stereocenters. The van der Waals surface area contributed by atoms with Gasteiger partial charge in [0.1, 0.15) is 0 Å². The molecule has 23 heavy (non-hydrogen) atoms. The molecule has 0 atom stereocenters. The van der Waals surface area contributed by atoms with Crippen molar-refractivity contribution in [2.24, 2.45) is 5.92 Å². The lowest BCUT2D eigenvalue weighted by molar-refractivity contribution is 0.0945. The molecule has 2 heterocycles. The third kappa shape index (κ3) is 4.20. The van der Waals surface area contributed by atoms with Crippen molar-refractivity contribution in [3.63, 3.8) is 0 Å². The van der Waals surface area contributed by atoms with Gasteiger partial charge in [0.25, 0.3) is 5.91 Å². The Labute approximate surface area is 140 Å². The highest BCUT2D eigenvalue weighted by Gasteiger charge is 2.21. The highest BCUT2D eigenvalue weighted by Crippen LogP contribution is 2.19. The molecule has 1 N–H and O–H groups in total. The Balaban J connectivity index is 1.47. The topological polar surface area (TPSA) is 58.1 Å². The standard InChI is InChI=1S/C17H19ClN4O/c18-15-4-1-3-14(11-15)16(23)21-12-13-5-9-22(10-6-13)17-19-7-2-8-20-17/h1-4,7-8,11,13H,5-6,9-10,12H2,(H,21,23). The largest absolute Gasteiger partial charge is 0.352 e. The van der Waals surface area contributed by atoms with Crippen molar-refractivity contribution in [3.05, 3.63) is 53.3 Å². The van der Waals surface area contributed by atoms with Crippen LogP contribution in [-0.2, 0) is 0 Å². The third-order valence-electron chi connectivity index (χ3n) is 4.09. The van der Waals surface area contributed by atoms with Crippen LogP contribution in [0.4, 0.5) is 5.95 Å². The van der Waals surface area contributed by atoms with E-state index in [0.29, 0.717) is 23.0 Å². The van der Waals surface area contributed by atoms with Crippen molar-refractivity contribution in [3.8, 4) is 0 Å². The van der Waals surface area contributed by atoms with E-state index in [4.69, 9.17) is 11.6 Å². The molecule has 0 bridgehead atoms. The molecule has 1 fully saturated rings. The van der Waals surface area contributed by atoms with Gasteiger partial charge in [0.05, 0.1) is 0 Å². The Kier molecular flexibility index (Phi) is 5.08. The van der Waals surface area contributed by atoms with Gasteiger partial charge in [-0.25, -0.2) is 9.97 Å². The zero-order valence-corrected chi connectivity index (χ0v) is 13.5. The molecule has 0 saturated carbocycles. The summed E-state index contributed by atoms with van der Waals surface area (Å²) in [4.78, 5) is 22.9. The number of aromatic nitrogens is 2. The highest BCUT2D eigenvalue weighted by atomic mass is 35.5. The lowest BCUT2D eigenvalue weighted by atomic mass is 9.97. The van der Waals surface area contributed by atoms with Gasteiger partial charge in [-0.3, -0.25) is 4.79 Å². The van der Waals surface area contributed by atoms with Crippen molar-refractivity contribution in [1.29, 1.82) is 0 Å². The van der Waals surface area contributed by atoms with Crippen LogP contribution in [0.5, 0.6) is 0 Å². The fraction of sp³-hybridized carbons (Fsp3) is 0.353. The lowest BCUT2D eigenvalue weighted by Crippen LogP contribution is -2.39. The fourth-order valence-corrected chi connectivity index (χ4v) is 2.95. The number of carbonyl (C=O) groups is 1. The number of nitrogens with zero attached hydrogens (tertiary/aromatic N) is 3. The van der Waals surface area contributed by atoms with Gasteiger partial charge in [0, 0.05) is 42.6 Å². The molecule has 2 aromatic rings. The van der Waals surface area contributed by atoms with Gasteiger partial charge in [0.2, 0.25) is 5.95 Å². The van der Waals surface area contributed by atoms with Gasteiger partial charge in [-0.05, 0) is 43.0 Å². The van der Waals surface area contributed by atoms with Gasteiger partial charge in [-0.2, -0.15) is 0 Å². The fourth-order valence-electron chi connectivity index (χ4n) is 2.76. The maximum atomic E-state index is 12.1. The van der Waals surface area contributed by atoms with E-state index in [0.717, 1.165) is 31.9 Å². The minimum absolute atomic E-state index is 0.0682. The Bertz CT molecular complexity index is 657. The van der Waals surface area contributed by atoms with Crippen LogP contribution in [0, 0.1) is 5.92 Å². The number of anilines is 1. The van der Waals surface area contributed by atoms with Gasteiger partial charge < -0.3 is 10.2 Å². The van der Waals surface area contributed by atoms with E-state index in [1.165, 1.54) is 0 Å². The van der Waals surface area contributed by atoms with Crippen LogP contribution >= 0.6 is 11.6 Å². The molecule has 0 radical (unpaired) electrons. The minimum atomic E-state index is -0.0682. The van der Waals surface area contributed by atoms with E-state index in [1.807, 2.05) is 6.07 Å². The summed E-state index contributed by atoms with van der Waals surface area (Å²) in [5, 5.41) is 3.58. The first kappa shape index (κ1) is 15.7. The van der Waals surface area contributed by atoms with Gasteiger partial charge >= 0.3 is 0 Å². The van der Waals surface area contributed by atoms with Crippen molar-refractivity contribution in [2.75, 3.05) is 24.5 Å². The number of halogens is 1. The number of benzene rings is 1. The van der Waals surface area contributed by atoms with Crippen molar-refractivity contribution < 1.29 is 4.79 Å². The first-order valence-electron chi connectivity index (χ1n) is 7.78. The lowest BCUT2D eigenvalue weighted by Gasteiger charge is -2.31. The smallest absolute Gasteiger partial charge is 0.251 e. The summed E-state index contributed by atoms with van der Waals surface area (Å²) < 4.78 is 0. The highest BCUT2D eigenvalue weighted by molar-refractivity contribution is 6.30. The van der Waals surface area contributed by atoms with Gasteiger partial charge in [0.15, 0.2) is 0 Å². The quantitative estimate of drug-likeness (QED) is 0.936. The second-order valence-corrected chi connectivity index (χ2v) is 6.14. The summed E-state index contributed by atoms with van der Waals surface area (Å²) in [6, 6.07) is 8.83. The number of amides is 1. The summed E-state index contributed by atoms with van der Waals surface area (Å²) in [7, 11) is 0. The Morgan fingerprint density at radius 3 is 2.65 bits per heavy atom. The number of hydrogen-bond acceptors (Lipinski definition) is 4. The molecule has 120 valence electrons. The molecule has 1 amide bonds. The average Bonchev–Trinajstić information content (AvgIpc) is 2.61. The molecule has 1 aromatic heterocycles. The second kappa shape index (κ2) is 7.42. The number of piperidine rings is 1. The summed E-state index contributed by atoms with van der Waals surface area (Å²) in [5.41, 5.74) is 0.604. The van der Waals surface area contributed by atoms with Crippen LogP contribution in [0.1, 0.15) is 23.2 Å². The average molecular weight is 331 g/mol. The van der Waals surface area contributed by atoms with Gasteiger partial charge in [-0.1, -0.05) is 17.7 Å². The zero-order valence-electron chi connectivity index (χ0n) is 12.8. The molecule has 6 heteroatoms. The number of nitrogens with one attached hydrogen (secondary N) is 1. The predicted molar refractivity (Wildman–Crippen MR) is 90.8 cm³/mol. The maximum Gasteiger partial charge on any atom is 0.251 e. The monoisotopic (exact) mass is 330 g/mol. The van der Waals surface area contributed by atoms with E-state index in [-0.39, 0.29) is 5.91 Å². The molecule has 3 rings (SSSR count). The molecule has 1 aromatic carbocycles. The summed E-state index contributed by atoms with van der Waals surface area (Å²) in [5.74, 6) is 1.20.